The van der Waals surface area contributed by atoms with Gasteiger partial charge in [0.1, 0.15) is 0 Å². The van der Waals surface area contributed by atoms with Crippen LogP contribution in [0.5, 0.6) is 0 Å². The number of rotatable bonds is 2. The van der Waals surface area contributed by atoms with E-state index in [4.69, 9.17) is 0 Å². The monoisotopic (exact) mass is 168 g/mol. The molecular formula is C4H13N2O3P. The fraction of sp³-hybridized carbons (Fsp3) is 1.00. The lowest BCUT2D eigenvalue weighted by molar-refractivity contribution is 0.234. The van der Waals surface area contributed by atoms with Gasteiger partial charge < -0.3 is 0 Å². The molecule has 1 aliphatic rings. The lowest BCUT2D eigenvalue weighted by Gasteiger charge is -2.05. The zero-order chi connectivity index (χ0) is 7.82. The lowest BCUT2D eigenvalue weighted by atomic mass is 10.0. The first kappa shape index (κ1) is 10.1. The molecule has 0 atom stereocenters. The van der Waals surface area contributed by atoms with E-state index in [1.807, 2.05) is 0 Å². The summed E-state index contributed by atoms with van der Waals surface area (Å²) in [5.74, 6) is 8.62. The Morgan fingerprint density at radius 3 is 1.30 bits per heavy atom. The van der Waals surface area contributed by atoms with E-state index in [1.165, 1.54) is 25.7 Å². The van der Waals surface area contributed by atoms with Gasteiger partial charge in [-0.25, -0.2) is 21.0 Å². The van der Waals surface area contributed by atoms with Crippen molar-refractivity contribution in [3.8, 4) is 0 Å². The third-order valence-electron chi connectivity index (χ3n) is 1.19. The van der Waals surface area contributed by atoms with E-state index in [-0.39, 0.29) is 0 Å². The number of nitrogens with two attached hydrogens (primary N) is 2. The maximum Gasteiger partial charge on any atom is 0.351 e. The van der Waals surface area contributed by atoms with E-state index in [2.05, 4.69) is 21.0 Å². The second kappa shape index (κ2) is 7.18. The van der Waals surface area contributed by atoms with Crippen LogP contribution in [0.1, 0.15) is 25.7 Å². The van der Waals surface area contributed by atoms with Gasteiger partial charge in [0.15, 0.2) is 0 Å². The average Bonchev–Trinajstić information content (AvgIpc) is 1.83. The van der Waals surface area contributed by atoms with Crippen LogP contribution in [0.3, 0.4) is 0 Å². The van der Waals surface area contributed by atoms with Gasteiger partial charge in [-0.05, 0) is 0 Å². The highest BCUT2D eigenvalue weighted by atomic mass is 31.1. The van der Waals surface area contributed by atoms with Crippen LogP contribution in [0.2, 0.25) is 0 Å². The molecule has 6 heteroatoms. The van der Waals surface area contributed by atoms with Gasteiger partial charge in [-0.1, -0.05) is 25.7 Å². The Morgan fingerprint density at radius 1 is 1.00 bits per heavy atom. The molecule has 0 spiro atoms. The molecule has 0 unspecified atom stereocenters. The Hall–Kier alpha value is 0.0700. The van der Waals surface area contributed by atoms with Crippen molar-refractivity contribution in [3.63, 3.8) is 0 Å². The fourth-order valence-electron chi connectivity index (χ4n) is 0.278. The Kier molecular flexibility index (Phi) is 7.23. The second-order valence-corrected chi connectivity index (χ2v) is 2.87. The Labute approximate surface area is 60.5 Å². The van der Waals surface area contributed by atoms with Crippen molar-refractivity contribution in [1.29, 1.82) is 0 Å². The van der Waals surface area contributed by atoms with Gasteiger partial charge >= 0.3 is 8.25 Å². The van der Waals surface area contributed by atoms with Gasteiger partial charge in [0.25, 0.3) is 0 Å². The molecule has 0 amide bonds. The molecule has 4 N–H and O–H groups in total. The molecule has 0 radical (unpaired) electrons. The van der Waals surface area contributed by atoms with Crippen LogP contribution in [0, 0.1) is 0 Å². The Morgan fingerprint density at radius 2 is 1.30 bits per heavy atom. The summed E-state index contributed by atoms with van der Waals surface area (Å²) in [6.07, 6.45) is 6.00. The van der Waals surface area contributed by atoms with Gasteiger partial charge in [-0.2, -0.15) is 0 Å². The smallest absolute Gasteiger partial charge is 0.260 e. The van der Waals surface area contributed by atoms with E-state index in [1.54, 1.807) is 0 Å². The van der Waals surface area contributed by atoms with Crippen molar-refractivity contribution < 1.29 is 13.8 Å². The highest BCUT2D eigenvalue weighted by Crippen LogP contribution is 2.15. The molecule has 1 aliphatic carbocycles. The molecule has 0 aliphatic heterocycles. The molecular weight excluding hydrogens is 155 g/mol. The minimum atomic E-state index is -2.56. The normalized spacial score (nSPS) is 15.5. The van der Waals surface area contributed by atoms with Crippen molar-refractivity contribution in [2.75, 3.05) is 0 Å². The van der Waals surface area contributed by atoms with Crippen LogP contribution in [-0.2, 0) is 13.8 Å². The minimum absolute atomic E-state index is 1.50. The van der Waals surface area contributed by atoms with Gasteiger partial charge in [-0.3, -0.25) is 4.57 Å². The third-order valence-corrected chi connectivity index (χ3v) is 1.58. The van der Waals surface area contributed by atoms with Crippen molar-refractivity contribution in [1.82, 2.24) is 0 Å². The van der Waals surface area contributed by atoms with Crippen LogP contribution in [0.25, 0.3) is 0 Å². The van der Waals surface area contributed by atoms with E-state index in [0.717, 1.165) is 0 Å². The summed E-state index contributed by atoms with van der Waals surface area (Å²) in [6, 6.07) is 0. The van der Waals surface area contributed by atoms with Crippen LogP contribution in [0.4, 0.5) is 0 Å². The number of hydrogen-bond donors (Lipinski definition) is 2. The largest absolute Gasteiger partial charge is 0.351 e. The predicted molar refractivity (Wildman–Crippen MR) is 38.0 cm³/mol. The van der Waals surface area contributed by atoms with Gasteiger partial charge in [0.05, 0.1) is 0 Å². The quantitative estimate of drug-likeness (QED) is 0.468. The molecule has 0 aromatic heterocycles. The molecule has 5 nitrogen and oxygen atoms in total. The first-order valence-electron chi connectivity index (χ1n) is 3.08. The predicted octanol–water partition coefficient (Wildman–Crippen LogP) is 0.717. The Bertz CT molecular complexity index is 86.5. The van der Waals surface area contributed by atoms with Crippen LogP contribution >= 0.6 is 8.25 Å². The lowest BCUT2D eigenvalue weighted by Crippen LogP contribution is -1.94. The average molecular weight is 168 g/mol. The topological polar surface area (TPSA) is 87.6 Å². The van der Waals surface area contributed by atoms with E-state index in [9.17, 15) is 4.57 Å². The van der Waals surface area contributed by atoms with E-state index >= 15 is 0 Å². The SMILES string of the molecule is C1CCC1.NO[PH](=O)ON. The van der Waals surface area contributed by atoms with Crippen LogP contribution < -0.4 is 11.8 Å². The maximum atomic E-state index is 9.67. The van der Waals surface area contributed by atoms with Crippen LogP contribution in [0.15, 0.2) is 0 Å². The summed E-state index contributed by atoms with van der Waals surface area (Å²) in [7, 11) is -2.56. The summed E-state index contributed by atoms with van der Waals surface area (Å²) in [4.78, 5) is 0. The van der Waals surface area contributed by atoms with Crippen molar-refractivity contribution in [2.45, 2.75) is 25.7 Å². The molecule has 0 bridgehead atoms. The van der Waals surface area contributed by atoms with E-state index < -0.39 is 8.25 Å². The first-order chi connectivity index (χ1) is 4.81. The van der Waals surface area contributed by atoms with Gasteiger partial charge in [0.2, 0.25) is 0 Å². The molecule has 62 valence electrons. The summed E-state index contributed by atoms with van der Waals surface area (Å²) in [5.41, 5.74) is 0. The fourth-order valence-corrected chi connectivity index (χ4v) is 0.333. The summed E-state index contributed by atoms with van der Waals surface area (Å²) >= 11 is 0. The third kappa shape index (κ3) is 6.19. The minimum Gasteiger partial charge on any atom is -0.260 e. The van der Waals surface area contributed by atoms with Crippen molar-refractivity contribution in [3.05, 3.63) is 0 Å². The van der Waals surface area contributed by atoms with Crippen molar-refractivity contribution >= 4 is 8.25 Å². The molecule has 1 fully saturated rings. The zero-order valence-electron chi connectivity index (χ0n) is 5.71. The first-order valence-corrected chi connectivity index (χ1v) is 4.31. The molecule has 10 heavy (non-hydrogen) atoms. The second-order valence-electron chi connectivity index (χ2n) is 1.90. The van der Waals surface area contributed by atoms with Gasteiger partial charge in [-0.15, -0.1) is 0 Å². The summed E-state index contributed by atoms with van der Waals surface area (Å²) < 4.78 is 16.9. The molecule has 1 saturated carbocycles. The maximum absolute atomic E-state index is 9.67. The molecule has 0 aromatic rings. The zero-order valence-corrected chi connectivity index (χ0v) is 6.71. The molecule has 0 aromatic carbocycles. The molecule has 1 rings (SSSR count). The standard InChI is InChI=1S/C4H8.H5N2O3P/c1-2-4-3-1;1-4-6(3)5-2/h1-4H2;6H,1-2H2. The van der Waals surface area contributed by atoms with E-state index in [0.29, 0.717) is 0 Å². The van der Waals surface area contributed by atoms with Gasteiger partial charge in [0, 0.05) is 0 Å². The Balaban J connectivity index is 0.000000172. The summed E-state index contributed by atoms with van der Waals surface area (Å²) in [5, 5.41) is 0. The summed E-state index contributed by atoms with van der Waals surface area (Å²) in [6.45, 7) is 0. The van der Waals surface area contributed by atoms with Crippen LogP contribution in [-0.4, -0.2) is 0 Å². The highest BCUT2D eigenvalue weighted by Gasteiger charge is 1.95. The van der Waals surface area contributed by atoms with Crippen molar-refractivity contribution in [2.24, 2.45) is 11.8 Å². The molecule has 0 heterocycles. The highest BCUT2D eigenvalue weighted by molar-refractivity contribution is 7.33. The number of hydrogen-bond acceptors (Lipinski definition) is 5. The molecule has 0 saturated heterocycles.